The summed E-state index contributed by atoms with van der Waals surface area (Å²) >= 11 is 0. The molecule has 0 fully saturated rings. The van der Waals surface area contributed by atoms with E-state index >= 15 is 0 Å². The molecular weight excluding hydrogens is 360 g/mol. The van der Waals surface area contributed by atoms with Crippen LogP contribution in [-0.2, 0) is 42.9 Å². The molecule has 0 saturated carbocycles. The average molecular weight is 374 g/mol. The monoisotopic (exact) mass is 374 g/mol. The van der Waals surface area contributed by atoms with Gasteiger partial charge in [-0.15, -0.1) is 0 Å². The summed E-state index contributed by atoms with van der Waals surface area (Å²) in [6.45, 7) is -3.91. The van der Waals surface area contributed by atoms with Crippen molar-refractivity contribution in [2.75, 3.05) is 31.9 Å². The van der Waals surface area contributed by atoms with Crippen molar-refractivity contribution in [1.29, 1.82) is 0 Å². The van der Waals surface area contributed by atoms with Gasteiger partial charge in [0, 0.05) is 0 Å². The van der Waals surface area contributed by atoms with Gasteiger partial charge in [0.15, 0.2) is 20.4 Å². The second-order valence-electron chi connectivity index (χ2n) is 3.30. The minimum absolute atomic E-state index is 1.28. The van der Waals surface area contributed by atoms with Crippen molar-refractivity contribution in [2.45, 2.75) is 5.25 Å². The van der Waals surface area contributed by atoms with Gasteiger partial charge in [0.2, 0.25) is 0 Å². The SMILES string of the molecule is O=S(=O)(CC(CS(=O)(=O)OCO)S(=O)(=O)OCO)OCO. The van der Waals surface area contributed by atoms with E-state index < -0.39 is 67.5 Å². The first-order chi connectivity index (χ1) is 9.49. The molecule has 0 radical (unpaired) electrons. The lowest BCUT2D eigenvalue weighted by Gasteiger charge is -2.16. The second kappa shape index (κ2) is 8.30. The third kappa shape index (κ3) is 7.98. The van der Waals surface area contributed by atoms with E-state index in [4.69, 9.17) is 15.3 Å². The maximum atomic E-state index is 11.5. The topological polar surface area (TPSA) is 191 Å². The Morgan fingerprint density at radius 1 is 0.667 bits per heavy atom. The molecule has 0 aromatic heterocycles. The Labute approximate surface area is 121 Å². The minimum Gasteiger partial charge on any atom is -0.369 e. The summed E-state index contributed by atoms with van der Waals surface area (Å²) in [5, 5.41) is 22.9. The van der Waals surface area contributed by atoms with Gasteiger partial charge in [-0.2, -0.15) is 25.3 Å². The van der Waals surface area contributed by atoms with Crippen molar-refractivity contribution in [3.8, 4) is 0 Å². The summed E-state index contributed by atoms with van der Waals surface area (Å²) in [7, 11) is -14.0. The Balaban J connectivity index is 5.41. The standard InChI is InChI=1S/C6H14O12S3/c7-3-16-19(10,11)1-6(21(14,15)18-5-9)2-20(12,13)17-4-8/h6-9H,1-5H2. The molecule has 3 N–H and O–H groups in total. The van der Waals surface area contributed by atoms with Crippen LogP contribution in [0.3, 0.4) is 0 Å². The van der Waals surface area contributed by atoms with E-state index in [0.717, 1.165) is 0 Å². The Kier molecular flexibility index (Phi) is 8.14. The van der Waals surface area contributed by atoms with Crippen LogP contribution in [0.1, 0.15) is 0 Å². The number of aliphatic hydroxyl groups excluding tert-OH is 3. The molecule has 0 aromatic rings. The van der Waals surface area contributed by atoms with Crippen LogP contribution in [0, 0.1) is 0 Å². The molecule has 0 aromatic carbocycles. The van der Waals surface area contributed by atoms with E-state index in [9.17, 15) is 25.3 Å². The predicted octanol–water partition coefficient (Wildman–Crippen LogP) is -3.76. The molecule has 0 unspecified atom stereocenters. The predicted molar refractivity (Wildman–Crippen MR) is 64.8 cm³/mol. The van der Waals surface area contributed by atoms with Crippen molar-refractivity contribution >= 4 is 30.4 Å². The molecule has 0 saturated heterocycles. The van der Waals surface area contributed by atoms with Crippen LogP contribution in [0.2, 0.25) is 0 Å². The number of aliphatic hydroxyl groups is 3. The highest BCUT2D eigenvalue weighted by Gasteiger charge is 2.36. The number of rotatable bonds is 11. The van der Waals surface area contributed by atoms with Crippen molar-refractivity contribution in [2.24, 2.45) is 0 Å². The first-order valence-corrected chi connectivity index (χ1v) is 9.57. The van der Waals surface area contributed by atoms with Crippen LogP contribution in [0.15, 0.2) is 0 Å². The quantitative estimate of drug-likeness (QED) is 0.237. The fourth-order valence-electron chi connectivity index (χ4n) is 1.10. The summed E-state index contributed by atoms with van der Waals surface area (Å²) < 4.78 is 79.9. The average Bonchev–Trinajstić information content (AvgIpc) is 2.26. The zero-order valence-electron chi connectivity index (χ0n) is 10.4. The largest absolute Gasteiger partial charge is 0.369 e. The number of hydrogen-bond acceptors (Lipinski definition) is 12. The van der Waals surface area contributed by atoms with Crippen LogP contribution in [0.25, 0.3) is 0 Å². The molecule has 0 atom stereocenters. The van der Waals surface area contributed by atoms with Crippen LogP contribution >= 0.6 is 0 Å². The molecule has 0 aliphatic heterocycles. The Hall–Kier alpha value is -0.390. The highest BCUT2D eigenvalue weighted by molar-refractivity contribution is 7.93. The molecule has 0 rings (SSSR count). The lowest BCUT2D eigenvalue weighted by atomic mass is 10.6. The van der Waals surface area contributed by atoms with Crippen LogP contribution in [0.5, 0.6) is 0 Å². The Bertz CT molecular complexity index is 563. The van der Waals surface area contributed by atoms with E-state index in [1.54, 1.807) is 0 Å². The van der Waals surface area contributed by atoms with Gasteiger partial charge < -0.3 is 15.3 Å². The summed E-state index contributed by atoms with van der Waals surface area (Å²) in [6.07, 6.45) is 0. The van der Waals surface area contributed by atoms with E-state index in [1.165, 1.54) is 0 Å². The van der Waals surface area contributed by atoms with E-state index in [1.807, 2.05) is 0 Å². The van der Waals surface area contributed by atoms with Gasteiger partial charge in [-0.25, -0.2) is 12.5 Å². The molecule has 15 heteroatoms. The van der Waals surface area contributed by atoms with Gasteiger partial charge in [-0.1, -0.05) is 0 Å². The fourth-order valence-corrected chi connectivity index (χ4v) is 5.58. The fraction of sp³-hybridized carbons (Fsp3) is 1.00. The lowest BCUT2D eigenvalue weighted by molar-refractivity contribution is 0.0995. The summed E-state index contributed by atoms with van der Waals surface area (Å²) in [5.41, 5.74) is 0. The zero-order valence-corrected chi connectivity index (χ0v) is 12.8. The molecule has 0 heterocycles. The summed E-state index contributed by atoms with van der Waals surface area (Å²) in [5.74, 6) is -2.77. The number of hydrogen-bond donors (Lipinski definition) is 3. The third-order valence-corrected chi connectivity index (χ3v) is 6.43. The lowest BCUT2D eigenvalue weighted by Crippen LogP contribution is -2.38. The normalized spacial score (nSPS) is 13.7. The van der Waals surface area contributed by atoms with Crippen LogP contribution in [0.4, 0.5) is 0 Å². The molecule has 21 heavy (non-hydrogen) atoms. The molecule has 0 spiro atoms. The van der Waals surface area contributed by atoms with E-state index in [2.05, 4.69) is 12.5 Å². The van der Waals surface area contributed by atoms with Crippen molar-refractivity contribution in [1.82, 2.24) is 0 Å². The molecule has 0 amide bonds. The molecular formula is C6H14O12S3. The second-order valence-corrected chi connectivity index (χ2v) is 8.56. The van der Waals surface area contributed by atoms with Crippen molar-refractivity contribution < 1.29 is 53.1 Å². The van der Waals surface area contributed by atoms with Gasteiger partial charge in [0.25, 0.3) is 30.4 Å². The maximum absolute atomic E-state index is 11.5. The van der Waals surface area contributed by atoms with Crippen molar-refractivity contribution in [3.05, 3.63) is 0 Å². The molecule has 0 aliphatic carbocycles. The molecule has 128 valence electrons. The van der Waals surface area contributed by atoms with Crippen molar-refractivity contribution in [3.63, 3.8) is 0 Å². The molecule has 0 aliphatic rings. The van der Waals surface area contributed by atoms with Gasteiger partial charge in [0.05, 0.1) is 11.5 Å². The third-order valence-electron chi connectivity index (χ3n) is 1.87. The van der Waals surface area contributed by atoms with Crippen LogP contribution < -0.4 is 0 Å². The van der Waals surface area contributed by atoms with Gasteiger partial charge in [-0.05, 0) is 0 Å². The highest BCUT2D eigenvalue weighted by Crippen LogP contribution is 2.13. The molecule has 12 nitrogen and oxygen atoms in total. The summed E-state index contributed by atoms with van der Waals surface area (Å²) in [6, 6.07) is 0. The molecule has 0 bridgehead atoms. The Morgan fingerprint density at radius 3 is 1.29 bits per heavy atom. The Morgan fingerprint density at radius 2 is 1.00 bits per heavy atom. The first kappa shape index (κ1) is 20.6. The minimum atomic E-state index is -4.81. The van der Waals surface area contributed by atoms with Crippen LogP contribution in [-0.4, -0.2) is 77.7 Å². The van der Waals surface area contributed by atoms with Gasteiger partial charge in [-0.3, -0.25) is 0 Å². The van der Waals surface area contributed by atoms with E-state index in [-0.39, 0.29) is 0 Å². The highest BCUT2D eigenvalue weighted by atomic mass is 32.2. The van der Waals surface area contributed by atoms with Gasteiger partial charge >= 0.3 is 0 Å². The summed E-state index contributed by atoms with van der Waals surface area (Å²) in [4.78, 5) is 0. The van der Waals surface area contributed by atoms with E-state index in [0.29, 0.717) is 0 Å². The zero-order chi connectivity index (χ0) is 16.7. The first-order valence-electron chi connectivity index (χ1n) is 4.94. The van der Waals surface area contributed by atoms with Gasteiger partial charge in [0.1, 0.15) is 5.25 Å². The smallest absolute Gasteiger partial charge is 0.274 e. The maximum Gasteiger partial charge on any atom is 0.274 e.